The van der Waals surface area contributed by atoms with Crippen LogP contribution in [0.15, 0.2) is 60.7 Å². The van der Waals surface area contributed by atoms with Gasteiger partial charge in [-0.25, -0.2) is 0 Å². The highest BCUT2D eigenvalue weighted by Gasteiger charge is 2.59. The number of hydrogen-bond acceptors (Lipinski definition) is 7. The van der Waals surface area contributed by atoms with Crippen molar-refractivity contribution >= 4 is 23.3 Å². The molecule has 7 nitrogen and oxygen atoms in total. The second-order valence-corrected chi connectivity index (χ2v) is 7.41. The fourth-order valence-corrected chi connectivity index (χ4v) is 3.35. The van der Waals surface area contributed by atoms with Crippen molar-refractivity contribution in [3.05, 3.63) is 60.7 Å². The molecular weight excluding hydrogens is 480 g/mol. The first-order chi connectivity index (χ1) is 16.6. The lowest BCUT2D eigenvalue weighted by molar-refractivity contribution is -0.301. The monoisotopic (exact) mass is 499 g/mol. The molecule has 0 spiro atoms. The molecule has 0 bridgehead atoms. The van der Waals surface area contributed by atoms with Gasteiger partial charge in [-0.3, -0.25) is 4.90 Å². The molecule has 13 heteroatoms. The summed E-state index contributed by atoms with van der Waals surface area (Å²) < 4.78 is 88.8. The molecule has 0 radical (unpaired) electrons. The van der Waals surface area contributed by atoms with Crippen LogP contribution in [0.5, 0.6) is 6.01 Å². The van der Waals surface area contributed by atoms with Gasteiger partial charge in [0, 0.05) is 24.5 Å². The van der Waals surface area contributed by atoms with Gasteiger partial charge in [-0.2, -0.15) is 41.3 Å². The van der Waals surface area contributed by atoms with Crippen LogP contribution >= 0.6 is 0 Å². The first-order valence-corrected chi connectivity index (χ1v) is 10.4. The minimum absolute atomic E-state index is 0.131. The lowest BCUT2D eigenvalue weighted by Gasteiger charge is -2.29. The number of benzene rings is 2. The number of halogens is 6. The molecule has 4 rings (SSSR count). The summed E-state index contributed by atoms with van der Waals surface area (Å²) >= 11 is 0. The van der Waals surface area contributed by atoms with E-state index in [2.05, 4.69) is 19.7 Å². The fourth-order valence-electron chi connectivity index (χ4n) is 3.35. The Hall–Kier alpha value is -3.61. The molecule has 0 N–H and O–H groups in total. The Morgan fingerprint density at radius 2 is 1.29 bits per heavy atom. The number of morpholine rings is 1. The van der Waals surface area contributed by atoms with E-state index in [4.69, 9.17) is 4.74 Å². The number of aromatic nitrogens is 3. The van der Waals surface area contributed by atoms with Crippen molar-refractivity contribution < 1.29 is 35.8 Å². The Balaban J connectivity index is 1.84. The summed E-state index contributed by atoms with van der Waals surface area (Å²) in [6, 6.07) is 16.1. The molecule has 2 aromatic carbocycles. The van der Waals surface area contributed by atoms with E-state index in [9.17, 15) is 26.3 Å². The molecule has 1 aliphatic rings. The summed E-state index contributed by atoms with van der Waals surface area (Å²) in [5, 5.41) is 0. The molecule has 186 valence electrons. The molecule has 3 aromatic rings. The molecule has 0 saturated carbocycles. The lowest BCUT2D eigenvalue weighted by Crippen LogP contribution is -2.47. The average Bonchev–Trinajstić information content (AvgIpc) is 2.83. The molecule has 0 unspecified atom stereocenters. The Morgan fingerprint density at radius 1 is 0.771 bits per heavy atom. The van der Waals surface area contributed by atoms with Crippen LogP contribution in [0.2, 0.25) is 0 Å². The molecule has 35 heavy (non-hydrogen) atoms. The summed E-state index contributed by atoms with van der Waals surface area (Å²) in [5.74, 6) is -0.342. The molecule has 1 aliphatic heterocycles. The number of rotatable bonds is 6. The molecule has 2 heterocycles. The summed E-state index contributed by atoms with van der Waals surface area (Å²) in [6.07, 6.45) is -15.6. The van der Waals surface area contributed by atoms with Crippen molar-refractivity contribution in [3.8, 4) is 6.01 Å². The van der Waals surface area contributed by atoms with Crippen molar-refractivity contribution in [2.24, 2.45) is 0 Å². The second kappa shape index (κ2) is 9.94. The summed E-state index contributed by atoms with van der Waals surface area (Å²) in [7, 11) is 0. The van der Waals surface area contributed by atoms with Gasteiger partial charge in [0.2, 0.25) is 11.9 Å². The van der Waals surface area contributed by atoms with Crippen LogP contribution in [0.25, 0.3) is 0 Å². The molecule has 0 atom stereocenters. The van der Waals surface area contributed by atoms with Gasteiger partial charge in [-0.05, 0) is 24.3 Å². The van der Waals surface area contributed by atoms with E-state index >= 15 is 0 Å². The highest BCUT2D eigenvalue weighted by Crippen LogP contribution is 2.37. The van der Waals surface area contributed by atoms with Gasteiger partial charge in [0.15, 0.2) is 0 Å². The molecule has 1 aromatic heterocycles. The number of anilines is 4. The third-order valence-corrected chi connectivity index (χ3v) is 4.93. The van der Waals surface area contributed by atoms with Crippen LogP contribution in [0.3, 0.4) is 0 Å². The van der Waals surface area contributed by atoms with Crippen molar-refractivity contribution in [1.82, 2.24) is 15.0 Å². The topological polar surface area (TPSA) is 63.6 Å². The lowest BCUT2D eigenvalue weighted by atomic mass is 10.2. The predicted octanol–water partition coefficient (Wildman–Crippen LogP) is 5.05. The largest absolute Gasteiger partial charge is 0.440 e. The Bertz CT molecular complexity index is 1060. The average molecular weight is 499 g/mol. The second-order valence-electron chi connectivity index (χ2n) is 7.41. The Labute approximate surface area is 195 Å². The first-order valence-electron chi connectivity index (χ1n) is 10.4. The van der Waals surface area contributed by atoms with Crippen molar-refractivity contribution in [2.75, 3.05) is 36.1 Å². The van der Waals surface area contributed by atoms with Gasteiger partial charge in [0.05, 0.1) is 13.2 Å². The minimum atomic E-state index is -5.73. The van der Waals surface area contributed by atoms with Crippen molar-refractivity contribution in [3.63, 3.8) is 0 Å². The van der Waals surface area contributed by atoms with Crippen LogP contribution < -0.4 is 14.5 Å². The standard InChI is InChI=1S/C22H19F6N5O2/c23-21(24,25)17(22(26,27)28)35-20-30-18(32-11-13-34-14-12-32)29-19(31-20)33(15-7-3-1-4-8-15)16-9-5-2-6-10-16/h1-10,17H,11-14H2. The van der Waals surface area contributed by atoms with E-state index in [1.54, 1.807) is 65.6 Å². The SMILES string of the molecule is FC(F)(F)C(Oc1nc(N2CCOCC2)nc(N(c2ccccc2)c2ccccc2)n1)C(F)(F)F. The van der Waals surface area contributed by atoms with E-state index in [-0.39, 0.29) is 38.2 Å². The van der Waals surface area contributed by atoms with Crippen molar-refractivity contribution in [1.29, 1.82) is 0 Å². The maximum atomic E-state index is 13.2. The smallest absolute Gasteiger partial charge is 0.434 e. The van der Waals surface area contributed by atoms with Gasteiger partial charge in [-0.15, -0.1) is 0 Å². The third kappa shape index (κ3) is 5.91. The minimum Gasteiger partial charge on any atom is -0.440 e. The van der Waals surface area contributed by atoms with Crippen LogP contribution in [0.4, 0.5) is 49.6 Å². The third-order valence-electron chi connectivity index (χ3n) is 4.93. The first kappa shape index (κ1) is 24.5. The van der Waals surface area contributed by atoms with Gasteiger partial charge in [0.1, 0.15) is 0 Å². The van der Waals surface area contributed by atoms with Crippen LogP contribution in [-0.2, 0) is 4.74 Å². The zero-order valence-electron chi connectivity index (χ0n) is 18.0. The van der Waals surface area contributed by atoms with Crippen LogP contribution in [0.1, 0.15) is 0 Å². The molecule has 0 amide bonds. The quantitative estimate of drug-likeness (QED) is 0.440. The van der Waals surface area contributed by atoms with E-state index in [0.717, 1.165) is 0 Å². The van der Waals surface area contributed by atoms with E-state index < -0.39 is 24.5 Å². The normalized spacial score (nSPS) is 14.8. The summed E-state index contributed by atoms with van der Waals surface area (Å²) in [4.78, 5) is 15.1. The Kier molecular flexibility index (Phi) is 6.96. The van der Waals surface area contributed by atoms with E-state index in [1.807, 2.05) is 0 Å². The number of alkyl halides is 6. The van der Waals surface area contributed by atoms with E-state index in [0.29, 0.717) is 11.4 Å². The van der Waals surface area contributed by atoms with Crippen molar-refractivity contribution in [2.45, 2.75) is 18.5 Å². The highest BCUT2D eigenvalue weighted by atomic mass is 19.4. The number of nitrogens with zero attached hydrogens (tertiary/aromatic N) is 5. The Morgan fingerprint density at radius 3 is 1.77 bits per heavy atom. The number of para-hydroxylation sites is 2. The zero-order chi connectivity index (χ0) is 25.1. The van der Waals surface area contributed by atoms with Gasteiger partial charge in [-0.1, -0.05) is 36.4 Å². The van der Waals surface area contributed by atoms with Crippen LogP contribution in [0, 0.1) is 0 Å². The summed E-state index contributed by atoms with van der Waals surface area (Å²) in [6.45, 7) is 1.13. The molecule has 1 fully saturated rings. The molecule has 0 aliphatic carbocycles. The maximum absolute atomic E-state index is 13.2. The van der Waals surface area contributed by atoms with Crippen LogP contribution in [-0.4, -0.2) is 59.7 Å². The molecule has 1 saturated heterocycles. The highest BCUT2D eigenvalue weighted by molar-refractivity contribution is 5.72. The van der Waals surface area contributed by atoms with Gasteiger partial charge < -0.3 is 14.4 Å². The fraction of sp³-hybridized carbons (Fsp3) is 0.318. The predicted molar refractivity (Wildman–Crippen MR) is 114 cm³/mol. The number of hydrogen-bond donors (Lipinski definition) is 0. The number of ether oxygens (including phenoxy) is 2. The van der Waals surface area contributed by atoms with E-state index in [1.165, 1.54) is 4.90 Å². The maximum Gasteiger partial charge on any atom is 0.434 e. The molecular formula is C22H19F6N5O2. The van der Waals surface area contributed by atoms with Gasteiger partial charge >= 0.3 is 18.4 Å². The zero-order valence-corrected chi connectivity index (χ0v) is 18.0. The van der Waals surface area contributed by atoms with Gasteiger partial charge in [0.25, 0.3) is 6.10 Å². The summed E-state index contributed by atoms with van der Waals surface area (Å²) in [5.41, 5.74) is 1.04.